The molecule has 3 aliphatic heterocycles. The van der Waals surface area contributed by atoms with Crippen molar-refractivity contribution in [1.82, 2.24) is 4.90 Å². The average Bonchev–Trinajstić information content (AvgIpc) is 3.26. The summed E-state index contributed by atoms with van der Waals surface area (Å²) in [6.45, 7) is 3.15. The van der Waals surface area contributed by atoms with Crippen LogP contribution in [0.3, 0.4) is 0 Å². The molecular formula is C19H25NO3. The van der Waals surface area contributed by atoms with Crippen LogP contribution in [-0.4, -0.2) is 48.8 Å². The molecular weight excluding hydrogens is 290 g/mol. The SMILES string of the molecule is O=C(C1CCCO1)N1CCC2(CC1)CC(c1ccccc1)CO2. The molecule has 1 aromatic rings. The Kier molecular flexibility index (Phi) is 4.12. The maximum atomic E-state index is 12.4. The van der Waals surface area contributed by atoms with E-state index in [-0.39, 0.29) is 17.6 Å². The number of benzene rings is 1. The average molecular weight is 315 g/mol. The molecule has 0 aromatic heterocycles. The van der Waals surface area contributed by atoms with Gasteiger partial charge in [0, 0.05) is 25.6 Å². The minimum atomic E-state index is -0.189. The number of hydrogen-bond donors (Lipinski definition) is 0. The second kappa shape index (κ2) is 6.25. The number of amides is 1. The zero-order valence-corrected chi connectivity index (χ0v) is 13.6. The molecule has 0 N–H and O–H groups in total. The third kappa shape index (κ3) is 3.02. The number of hydrogen-bond acceptors (Lipinski definition) is 3. The molecule has 0 saturated carbocycles. The Hall–Kier alpha value is -1.39. The second-order valence-corrected chi connectivity index (χ2v) is 7.13. The molecule has 124 valence electrons. The van der Waals surface area contributed by atoms with Crippen molar-refractivity contribution in [2.24, 2.45) is 0 Å². The summed E-state index contributed by atoms with van der Waals surface area (Å²) in [4.78, 5) is 14.4. The first-order valence-corrected chi connectivity index (χ1v) is 8.85. The number of likely N-dealkylation sites (tertiary alicyclic amines) is 1. The lowest BCUT2D eigenvalue weighted by molar-refractivity contribution is -0.145. The predicted molar refractivity (Wildman–Crippen MR) is 87.3 cm³/mol. The number of ether oxygens (including phenoxy) is 2. The van der Waals surface area contributed by atoms with Crippen molar-refractivity contribution in [3.8, 4) is 0 Å². The first-order chi connectivity index (χ1) is 11.3. The molecule has 23 heavy (non-hydrogen) atoms. The van der Waals surface area contributed by atoms with Gasteiger partial charge in [0.1, 0.15) is 6.10 Å². The normalized spacial score (nSPS) is 30.0. The lowest BCUT2D eigenvalue weighted by Gasteiger charge is -2.39. The van der Waals surface area contributed by atoms with Crippen LogP contribution in [0.5, 0.6) is 0 Å². The fraction of sp³-hybridized carbons (Fsp3) is 0.632. The van der Waals surface area contributed by atoms with Gasteiger partial charge in [-0.15, -0.1) is 0 Å². The van der Waals surface area contributed by atoms with Gasteiger partial charge < -0.3 is 14.4 Å². The number of nitrogens with zero attached hydrogens (tertiary/aromatic N) is 1. The summed E-state index contributed by atoms with van der Waals surface area (Å²) in [6, 6.07) is 10.7. The number of carbonyl (C=O) groups excluding carboxylic acids is 1. The van der Waals surface area contributed by atoms with Crippen LogP contribution in [0, 0.1) is 0 Å². The molecule has 3 heterocycles. The topological polar surface area (TPSA) is 38.8 Å². The van der Waals surface area contributed by atoms with Crippen molar-refractivity contribution >= 4 is 5.91 Å². The summed E-state index contributed by atoms with van der Waals surface area (Å²) < 4.78 is 11.8. The predicted octanol–water partition coefficient (Wildman–Crippen LogP) is 2.73. The smallest absolute Gasteiger partial charge is 0.251 e. The van der Waals surface area contributed by atoms with E-state index in [2.05, 4.69) is 30.3 Å². The number of piperidine rings is 1. The largest absolute Gasteiger partial charge is 0.374 e. The van der Waals surface area contributed by atoms with E-state index in [1.807, 2.05) is 4.90 Å². The summed E-state index contributed by atoms with van der Waals surface area (Å²) >= 11 is 0. The van der Waals surface area contributed by atoms with Gasteiger partial charge in [0.25, 0.3) is 5.91 Å². The Bertz CT molecular complexity index is 545. The molecule has 3 aliphatic rings. The van der Waals surface area contributed by atoms with Gasteiger partial charge in [0.05, 0.1) is 12.2 Å². The van der Waals surface area contributed by atoms with Gasteiger partial charge in [-0.25, -0.2) is 0 Å². The van der Waals surface area contributed by atoms with Crippen LogP contribution in [0.15, 0.2) is 30.3 Å². The standard InChI is InChI=1S/C19H25NO3/c21-18(17-7-4-12-22-17)20-10-8-19(9-11-20)13-16(14-23-19)15-5-2-1-3-6-15/h1-3,5-6,16-17H,4,7-14H2. The van der Waals surface area contributed by atoms with E-state index in [4.69, 9.17) is 9.47 Å². The molecule has 1 amide bonds. The molecule has 4 rings (SSSR count). The minimum Gasteiger partial charge on any atom is -0.374 e. The van der Waals surface area contributed by atoms with Gasteiger partial charge in [0.2, 0.25) is 0 Å². The van der Waals surface area contributed by atoms with Gasteiger partial charge in [-0.3, -0.25) is 4.79 Å². The van der Waals surface area contributed by atoms with Crippen LogP contribution in [-0.2, 0) is 14.3 Å². The maximum absolute atomic E-state index is 12.4. The monoisotopic (exact) mass is 315 g/mol. The summed E-state index contributed by atoms with van der Waals surface area (Å²) in [5.41, 5.74) is 1.36. The van der Waals surface area contributed by atoms with Crippen molar-refractivity contribution in [2.75, 3.05) is 26.3 Å². The lowest BCUT2D eigenvalue weighted by atomic mass is 9.83. The second-order valence-electron chi connectivity index (χ2n) is 7.13. The van der Waals surface area contributed by atoms with Gasteiger partial charge in [-0.2, -0.15) is 0 Å². The van der Waals surface area contributed by atoms with E-state index in [0.717, 1.165) is 58.4 Å². The van der Waals surface area contributed by atoms with Gasteiger partial charge in [0.15, 0.2) is 0 Å². The van der Waals surface area contributed by atoms with Gasteiger partial charge in [-0.05, 0) is 37.7 Å². The van der Waals surface area contributed by atoms with Crippen LogP contribution in [0.2, 0.25) is 0 Å². The Labute approximate surface area is 137 Å². The fourth-order valence-electron chi connectivity index (χ4n) is 4.24. The lowest BCUT2D eigenvalue weighted by Crippen LogP contribution is -2.49. The van der Waals surface area contributed by atoms with Crippen LogP contribution < -0.4 is 0 Å². The molecule has 1 aromatic carbocycles. The van der Waals surface area contributed by atoms with Gasteiger partial charge in [-0.1, -0.05) is 30.3 Å². The molecule has 2 unspecified atom stereocenters. The molecule has 0 bridgehead atoms. The molecule has 4 nitrogen and oxygen atoms in total. The summed E-state index contributed by atoms with van der Waals surface area (Å²) in [5, 5.41) is 0. The van der Waals surface area contributed by atoms with Crippen molar-refractivity contribution in [3.05, 3.63) is 35.9 Å². The Morgan fingerprint density at radius 1 is 1.17 bits per heavy atom. The highest BCUT2D eigenvalue weighted by Gasteiger charge is 2.44. The van der Waals surface area contributed by atoms with Crippen LogP contribution >= 0.6 is 0 Å². The molecule has 0 aliphatic carbocycles. The van der Waals surface area contributed by atoms with E-state index < -0.39 is 0 Å². The van der Waals surface area contributed by atoms with E-state index in [9.17, 15) is 4.79 Å². The zero-order valence-electron chi connectivity index (χ0n) is 13.6. The van der Waals surface area contributed by atoms with Crippen molar-refractivity contribution in [3.63, 3.8) is 0 Å². The van der Waals surface area contributed by atoms with E-state index in [0.29, 0.717) is 5.92 Å². The molecule has 3 saturated heterocycles. The summed E-state index contributed by atoms with van der Waals surface area (Å²) in [7, 11) is 0. The van der Waals surface area contributed by atoms with E-state index >= 15 is 0 Å². The highest BCUT2D eigenvalue weighted by molar-refractivity contribution is 5.81. The minimum absolute atomic E-state index is 0.0200. The first kappa shape index (κ1) is 15.2. The molecule has 3 fully saturated rings. The number of carbonyl (C=O) groups is 1. The molecule has 0 radical (unpaired) electrons. The van der Waals surface area contributed by atoms with Crippen molar-refractivity contribution in [1.29, 1.82) is 0 Å². The summed E-state index contributed by atoms with van der Waals surface area (Å²) in [5.74, 6) is 0.687. The quantitative estimate of drug-likeness (QED) is 0.842. The number of rotatable bonds is 2. The van der Waals surface area contributed by atoms with Crippen LogP contribution in [0.4, 0.5) is 0 Å². The highest BCUT2D eigenvalue weighted by atomic mass is 16.5. The third-order valence-electron chi connectivity index (χ3n) is 5.67. The Morgan fingerprint density at radius 3 is 2.65 bits per heavy atom. The van der Waals surface area contributed by atoms with Crippen molar-refractivity contribution in [2.45, 2.75) is 49.7 Å². The van der Waals surface area contributed by atoms with Crippen LogP contribution in [0.1, 0.15) is 43.6 Å². The van der Waals surface area contributed by atoms with Crippen molar-refractivity contribution < 1.29 is 14.3 Å². The maximum Gasteiger partial charge on any atom is 0.251 e. The van der Waals surface area contributed by atoms with Gasteiger partial charge >= 0.3 is 0 Å². The Balaban J connectivity index is 1.35. The van der Waals surface area contributed by atoms with E-state index in [1.165, 1.54) is 5.56 Å². The zero-order chi connectivity index (χ0) is 15.7. The Morgan fingerprint density at radius 2 is 1.96 bits per heavy atom. The molecule has 1 spiro atoms. The third-order valence-corrected chi connectivity index (χ3v) is 5.67. The fourth-order valence-corrected chi connectivity index (χ4v) is 4.24. The molecule has 2 atom stereocenters. The first-order valence-electron chi connectivity index (χ1n) is 8.85. The summed E-state index contributed by atoms with van der Waals surface area (Å²) in [6.07, 6.45) is 4.69. The highest BCUT2D eigenvalue weighted by Crippen LogP contribution is 2.42. The van der Waals surface area contributed by atoms with E-state index in [1.54, 1.807) is 0 Å². The van der Waals surface area contributed by atoms with Crippen LogP contribution in [0.25, 0.3) is 0 Å². The molecule has 4 heteroatoms.